The van der Waals surface area contributed by atoms with Crippen LogP contribution in [0, 0.1) is 6.92 Å². The van der Waals surface area contributed by atoms with Gasteiger partial charge in [-0.1, -0.05) is 115 Å². The second-order valence-electron chi connectivity index (χ2n) is 15.1. The molecule has 5 heteroatoms. The quantitative estimate of drug-likeness (QED) is 0.209. The predicted octanol–water partition coefficient (Wildman–Crippen LogP) is 9.15. The molecule has 3 aromatic rings. The number of ether oxygens (including phenoxy) is 1. The lowest BCUT2D eigenvalue weighted by Crippen LogP contribution is -2.68. The molecule has 0 saturated carbocycles. The fourth-order valence-corrected chi connectivity index (χ4v) is 11.5. The van der Waals surface area contributed by atoms with Gasteiger partial charge in [0, 0.05) is 11.5 Å². The van der Waals surface area contributed by atoms with Gasteiger partial charge in [0.05, 0.1) is 6.10 Å². The fraction of sp³-hybridized carbons (Fsp3) is 0.459. The standard InChI is InChI=1S/C37H52O3Si2/c1-27-25-34-31(28(2)32(23-24-37(9,10)38-34)39-41(11,12)35(3,4)5)26-33(27)40-42(36(6,7)8,29-19-15-13-16-20-29)30-21-17-14-18-22-30/h13-26,28,32H,1-12H3/b24-23-/t28-,32+/m0/s1. The van der Waals surface area contributed by atoms with E-state index in [2.05, 4.69) is 167 Å². The maximum atomic E-state index is 7.53. The van der Waals surface area contributed by atoms with Crippen LogP contribution in [0.15, 0.2) is 84.9 Å². The summed E-state index contributed by atoms with van der Waals surface area (Å²) in [6.45, 7) is 27.2. The number of fused-ring (bicyclic) bond motifs is 1. The van der Waals surface area contributed by atoms with Gasteiger partial charge in [-0.05, 0) is 78.1 Å². The molecule has 226 valence electrons. The molecule has 0 bridgehead atoms. The van der Waals surface area contributed by atoms with Gasteiger partial charge in [-0.3, -0.25) is 0 Å². The largest absolute Gasteiger partial charge is 0.534 e. The Kier molecular flexibility index (Phi) is 8.83. The molecule has 42 heavy (non-hydrogen) atoms. The number of aryl methyl sites for hydroxylation is 1. The Morgan fingerprint density at radius 1 is 0.786 bits per heavy atom. The first kappa shape index (κ1) is 32.3. The van der Waals surface area contributed by atoms with Gasteiger partial charge in [0.15, 0.2) is 8.32 Å². The van der Waals surface area contributed by atoms with Crippen LogP contribution >= 0.6 is 0 Å². The lowest BCUT2D eigenvalue weighted by atomic mass is 9.90. The van der Waals surface area contributed by atoms with Gasteiger partial charge in [0.2, 0.25) is 0 Å². The van der Waals surface area contributed by atoms with Crippen LogP contribution in [0.2, 0.25) is 23.2 Å². The van der Waals surface area contributed by atoms with Crippen molar-refractivity contribution in [2.45, 2.75) is 110 Å². The van der Waals surface area contributed by atoms with E-state index in [1.165, 1.54) is 10.4 Å². The highest BCUT2D eigenvalue weighted by Gasteiger charge is 2.52. The van der Waals surface area contributed by atoms with E-state index in [0.717, 1.165) is 22.6 Å². The van der Waals surface area contributed by atoms with E-state index in [-0.39, 0.29) is 22.1 Å². The zero-order valence-electron chi connectivity index (χ0n) is 28.0. The van der Waals surface area contributed by atoms with Crippen molar-refractivity contribution in [1.82, 2.24) is 0 Å². The summed E-state index contributed by atoms with van der Waals surface area (Å²) < 4.78 is 21.3. The highest BCUT2D eigenvalue weighted by atomic mass is 28.4. The van der Waals surface area contributed by atoms with E-state index in [1.807, 2.05) is 0 Å². The second kappa shape index (κ2) is 11.5. The van der Waals surface area contributed by atoms with Crippen molar-refractivity contribution in [3.63, 3.8) is 0 Å². The third kappa shape index (κ3) is 6.34. The summed E-state index contributed by atoms with van der Waals surface area (Å²) in [6.07, 6.45) is 4.35. The summed E-state index contributed by atoms with van der Waals surface area (Å²) in [4.78, 5) is 0. The molecule has 4 rings (SSSR count). The van der Waals surface area contributed by atoms with Crippen molar-refractivity contribution in [3.05, 3.63) is 96.1 Å². The maximum Gasteiger partial charge on any atom is 0.319 e. The number of hydrogen-bond acceptors (Lipinski definition) is 3. The van der Waals surface area contributed by atoms with Gasteiger partial charge in [-0.25, -0.2) is 0 Å². The average molecular weight is 601 g/mol. The van der Waals surface area contributed by atoms with E-state index in [4.69, 9.17) is 13.6 Å². The Morgan fingerprint density at radius 3 is 1.79 bits per heavy atom. The molecule has 0 fully saturated rings. The minimum absolute atomic E-state index is 0.0590. The SMILES string of the molecule is Cc1cc2c(cc1O[Si](c1ccccc1)(c1ccccc1)C(C)(C)C)[C@H](C)[C@H](O[Si](C)(C)C(C)(C)C)/C=C\C(C)(C)O2. The molecular formula is C37H52O3Si2. The first-order valence-corrected chi connectivity index (χ1v) is 20.2. The van der Waals surface area contributed by atoms with E-state index in [0.29, 0.717) is 0 Å². The highest BCUT2D eigenvalue weighted by molar-refractivity contribution is 7.00. The van der Waals surface area contributed by atoms with Crippen molar-refractivity contribution in [1.29, 1.82) is 0 Å². The smallest absolute Gasteiger partial charge is 0.319 e. The zero-order valence-corrected chi connectivity index (χ0v) is 30.0. The van der Waals surface area contributed by atoms with Crippen molar-refractivity contribution in [3.8, 4) is 11.5 Å². The van der Waals surface area contributed by atoms with Crippen molar-refractivity contribution in [2.75, 3.05) is 0 Å². The van der Waals surface area contributed by atoms with Gasteiger partial charge >= 0.3 is 8.32 Å². The van der Waals surface area contributed by atoms with Gasteiger partial charge in [-0.2, -0.15) is 0 Å². The number of benzene rings is 3. The molecule has 3 nitrogen and oxygen atoms in total. The molecule has 0 aromatic heterocycles. The summed E-state index contributed by atoms with van der Waals surface area (Å²) in [5, 5.41) is 2.51. The first-order valence-electron chi connectivity index (χ1n) is 15.4. The molecule has 0 unspecified atom stereocenters. The van der Waals surface area contributed by atoms with Gasteiger partial charge in [0.1, 0.15) is 17.1 Å². The van der Waals surface area contributed by atoms with Gasteiger partial charge in [0.25, 0.3) is 0 Å². The van der Waals surface area contributed by atoms with Crippen LogP contribution in [-0.2, 0) is 4.43 Å². The van der Waals surface area contributed by atoms with E-state index in [9.17, 15) is 0 Å². The Hall–Kier alpha value is -2.61. The third-order valence-electron chi connectivity index (χ3n) is 9.27. The molecule has 0 radical (unpaired) electrons. The summed E-state index contributed by atoms with van der Waals surface area (Å²) >= 11 is 0. The summed E-state index contributed by atoms with van der Waals surface area (Å²) in [5.41, 5.74) is 1.75. The van der Waals surface area contributed by atoms with E-state index in [1.54, 1.807) is 0 Å². The van der Waals surface area contributed by atoms with Gasteiger partial charge in [-0.15, -0.1) is 0 Å². The molecule has 0 N–H and O–H groups in total. The van der Waals surface area contributed by atoms with Crippen LogP contribution in [0.4, 0.5) is 0 Å². The summed E-state index contributed by atoms with van der Waals surface area (Å²) in [6, 6.07) is 26.1. The zero-order chi connectivity index (χ0) is 31.1. The fourth-order valence-electron chi connectivity index (χ4n) is 5.69. The molecule has 2 atom stereocenters. The van der Waals surface area contributed by atoms with Gasteiger partial charge < -0.3 is 13.6 Å². The molecule has 1 heterocycles. The number of hydrogen-bond donors (Lipinski definition) is 0. The molecule has 1 aliphatic heterocycles. The highest BCUT2D eigenvalue weighted by Crippen LogP contribution is 2.45. The van der Waals surface area contributed by atoms with Crippen LogP contribution < -0.4 is 19.5 Å². The Labute approximate surface area is 257 Å². The predicted molar refractivity (Wildman–Crippen MR) is 184 cm³/mol. The molecule has 3 aromatic carbocycles. The molecule has 1 aliphatic rings. The molecule has 0 aliphatic carbocycles. The maximum absolute atomic E-state index is 7.53. The molecule has 0 spiro atoms. The van der Waals surface area contributed by atoms with Crippen LogP contribution in [0.1, 0.15) is 79.4 Å². The van der Waals surface area contributed by atoms with E-state index < -0.39 is 22.2 Å². The van der Waals surface area contributed by atoms with Crippen LogP contribution in [0.5, 0.6) is 11.5 Å². The average Bonchev–Trinajstić information content (AvgIpc) is 2.89. The molecular weight excluding hydrogens is 549 g/mol. The molecule has 0 amide bonds. The normalized spacial score (nSPS) is 20.1. The Bertz CT molecular complexity index is 1360. The molecule has 0 saturated heterocycles. The van der Waals surface area contributed by atoms with Crippen LogP contribution in [-0.4, -0.2) is 28.3 Å². The lowest BCUT2D eigenvalue weighted by molar-refractivity contribution is 0.141. The first-order chi connectivity index (χ1) is 19.4. The van der Waals surface area contributed by atoms with Crippen LogP contribution in [0.25, 0.3) is 0 Å². The minimum Gasteiger partial charge on any atom is -0.534 e. The topological polar surface area (TPSA) is 27.7 Å². The summed E-state index contributed by atoms with van der Waals surface area (Å²) in [5.74, 6) is 1.92. The lowest BCUT2D eigenvalue weighted by Gasteiger charge is -2.44. The minimum atomic E-state index is -2.80. The van der Waals surface area contributed by atoms with Crippen molar-refractivity contribution >= 4 is 27.0 Å². The second-order valence-corrected chi connectivity index (χ2v) is 24.1. The summed E-state index contributed by atoms with van der Waals surface area (Å²) in [7, 11) is -4.83. The van der Waals surface area contributed by atoms with Crippen molar-refractivity contribution < 1.29 is 13.6 Å². The number of rotatable bonds is 6. The Balaban J connectivity index is 1.90. The monoisotopic (exact) mass is 600 g/mol. The Morgan fingerprint density at radius 2 is 1.31 bits per heavy atom. The third-order valence-corrected chi connectivity index (χ3v) is 18.7. The van der Waals surface area contributed by atoms with Crippen LogP contribution in [0.3, 0.4) is 0 Å². The van der Waals surface area contributed by atoms with E-state index >= 15 is 0 Å². The van der Waals surface area contributed by atoms with Crippen molar-refractivity contribution in [2.24, 2.45) is 0 Å².